The van der Waals surface area contributed by atoms with Crippen molar-refractivity contribution in [2.75, 3.05) is 13.1 Å². The summed E-state index contributed by atoms with van der Waals surface area (Å²) in [7, 11) is 0. The molecule has 0 saturated carbocycles. The number of carbonyl (C=O) groups is 1. The van der Waals surface area contributed by atoms with Crippen LogP contribution >= 0.6 is 0 Å². The van der Waals surface area contributed by atoms with E-state index in [0.29, 0.717) is 6.54 Å². The van der Waals surface area contributed by atoms with E-state index in [1.54, 1.807) is 0 Å². The van der Waals surface area contributed by atoms with Crippen LogP contribution in [-0.4, -0.2) is 35.1 Å². The van der Waals surface area contributed by atoms with Crippen molar-refractivity contribution >= 4 is 6.03 Å². The Kier molecular flexibility index (Phi) is 3.84. The lowest BCUT2D eigenvalue weighted by Crippen LogP contribution is -2.59. The Bertz CT molecular complexity index is 259. The quantitative estimate of drug-likeness (QED) is 0.716. The van der Waals surface area contributed by atoms with E-state index in [2.05, 4.69) is 12.2 Å². The number of rotatable bonds is 1. The molecule has 0 aliphatic carbocycles. The largest absolute Gasteiger partial charge is 0.333 e. The van der Waals surface area contributed by atoms with Gasteiger partial charge >= 0.3 is 6.03 Å². The summed E-state index contributed by atoms with van der Waals surface area (Å²) >= 11 is 0. The first-order valence-corrected chi connectivity index (χ1v) is 6.12. The average Bonchev–Trinajstić information content (AvgIpc) is 2.15. The zero-order valence-corrected chi connectivity index (χ0v) is 11.0. The zero-order valence-electron chi connectivity index (χ0n) is 11.0. The third-order valence-electron chi connectivity index (χ3n) is 3.08. The molecule has 1 aliphatic rings. The van der Waals surface area contributed by atoms with Crippen molar-refractivity contribution in [3.63, 3.8) is 0 Å². The van der Waals surface area contributed by atoms with E-state index in [0.717, 1.165) is 25.8 Å². The van der Waals surface area contributed by atoms with Gasteiger partial charge < -0.3 is 16.0 Å². The molecule has 0 aromatic heterocycles. The van der Waals surface area contributed by atoms with E-state index >= 15 is 0 Å². The third-order valence-corrected chi connectivity index (χ3v) is 3.08. The molecule has 1 heterocycles. The van der Waals surface area contributed by atoms with Crippen molar-refractivity contribution in [2.24, 2.45) is 5.73 Å². The number of piperidine rings is 1. The molecule has 1 aliphatic heterocycles. The van der Waals surface area contributed by atoms with E-state index in [1.807, 2.05) is 25.7 Å². The lowest BCUT2D eigenvalue weighted by atomic mass is 9.88. The molecule has 0 radical (unpaired) electrons. The number of nitrogens with two attached hydrogens (primary N) is 1. The first kappa shape index (κ1) is 13.3. The number of nitrogens with zero attached hydrogens (tertiary/aromatic N) is 1. The molecule has 4 heteroatoms. The van der Waals surface area contributed by atoms with Gasteiger partial charge in [-0.1, -0.05) is 6.92 Å². The molecule has 0 bridgehead atoms. The number of carbonyl (C=O) groups excluding carboxylic acids is 1. The smallest absolute Gasteiger partial charge is 0.317 e. The van der Waals surface area contributed by atoms with Gasteiger partial charge in [-0.2, -0.15) is 0 Å². The van der Waals surface area contributed by atoms with E-state index in [9.17, 15) is 4.79 Å². The van der Waals surface area contributed by atoms with Gasteiger partial charge in [-0.3, -0.25) is 0 Å². The molecule has 1 unspecified atom stereocenters. The van der Waals surface area contributed by atoms with E-state index in [-0.39, 0.29) is 17.1 Å². The summed E-state index contributed by atoms with van der Waals surface area (Å²) in [4.78, 5) is 13.8. The Morgan fingerprint density at radius 2 is 2.12 bits per heavy atom. The summed E-state index contributed by atoms with van der Waals surface area (Å²) in [5.74, 6) is 0. The minimum absolute atomic E-state index is 0.00970. The maximum atomic E-state index is 12.0. The number of hydrogen-bond acceptors (Lipinski definition) is 2. The highest BCUT2D eigenvalue weighted by Crippen LogP contribution is 2.21. The topological polar surface area (TPSA) is 58.4 Å². The van der Waals surface area contributed by atoms with Crippen molar-refractivity contribution in [1.82, 2.24) is 10.2 Å². The summed E-state index contributed by atoms with van der Waals surface area (Å²) in [5, 5.41) is 2.98. The Labute approximate surface area is 98.6 Å². The standard InChI is InChI=1S/C12H25N3O/c1-5-12(13)7-6-8-15(9-12)10(16)14-11(2,3)4/h5-9,13H2,1-4H3,(H,14,16). The van der Waals surface area contributed by atoms with Crippen LogP contribution in [0.3, 0.4) is 0 Å². The highest BCUT2D eigenvalue weighted by molar-refractivity contribution is 5.75. The summed E-state index contributed by atoms with van der Waals surface area (Å²) in [6.45, 7) is 9.55. The highest BCUT2D eigenvalue weighted by Gasteiger charge is 2.32. The van der Waals surface area contributed by atoms with Crippen LogP contribution in [0.25, 0.3) is 0 Å². The average molecular weight is 227 g/mol. The maximum Gasteiger partial charge on any atom is 0.317 e. The molecule has 94 valence electrons. The molecule has 0 aromatic rings. The van der Waals surface area contributed by atoms with Gasteiger partial charge in [0.05, 0.1) is 0 Å². The molecule has 3 N–H and O–H groups in total. The molecule has 1 atom stereocenters. The second-order valence-electron chi connectivity index (χ2n) is 5.92. The molecule has 0 aromatic carbocycles. The van der Waals surface area contributed by atoms with Gasteiger partial charge in [0, 0.05) is 24.2 Å². The molecule has 16 heavy (non-hydrogen) atoms. The van der Waals surface area contributed by atoms with Crippen LogP contribution in [0, 0.1) is 0 Å². The van der Waals surface area contributed by atoms with Crippen LogP contribution in [0.1, 0.15) is 47.0 Å². The number of amides is 2. The predicted octanol–water partition coefficient (Wildman–Crippen LogP) is 1.70. The van der Waals surface area contributed by atoms with Crippen LogP contribution in [-0.2, 0) is 0 Å². The van der Waals surface area contributed by atoms with Crippen molar-refractivity contribution in [3.8, 4) is 0 Å². The summed E-state index contributed by atoms with van der Waals surface area (Å²) in [6, 6.07) is 0.00970. The molecular formula is C12H25N3O. The number of likely N-dealkylation sites (tertiary alicyclic amines) is 1. The van der Waals surface area contributed by atoms with Crippen molar-refractivity contribution < 1.29 is 4.79 Å². The lowest BCUT2D eigenvalue weighted by molar-refractivity contribution is 0.143. The fourth-order valence-electron chi connectivity index (χ4n) is 2.02. The van der Waals surface area contributed by atoms with Crippen LogP contribution in [0.4, 0.5) is 4.79 Å². The molecule has 1 fully saturated rings. The first-order chi connectivity index (χ1) is 7.26. The third kappa shape index (κ3) is 3.67. The van der Waals surface area contributed by atoms with E-state index in [1.165, 1.54) is 0 Å². The van der Waals surface area contributed by atoms with Gasteiger partial charge in [0.2, 0.25) is 0 Å². The molecule has 1 rings (SSSR count). The number of nitrogens with one attached hydrogen (secondary N) is 1. The normalized spacial score (nSPS) is 26.7. The Morgan fingerprint density at radius 1 is 1.50 bits per heavy atom. The first-order valence-electron chi connectivity index (χ1n) is 6.12. The lowest BCUT2D eigenvalue weighted by Gasteiger charge is -2.40. The molecule has 1 saturated heterocycles. The second-order valence-corrected chi connectivity index (χ2v) is 5.92. The SMILES string of the molecule is CCC1(N)CCCN(C(=O)NC(C)(C)C)C1. The van der Waals surface area contributed by atoms with Crippen LogP contribution in [0.5, 0.6) is 0 Å². The summed E-state index contributed by atoms with van der Waals surface area (Å²) < 4.78 is 0. The monoisotopic (exact) mass is 227 g/mol. The van der Waals surface area contributed by atoms with Crippen molar-refractivity contribution in [1.29, 1.82) is 0 Å². The maximum absolute atomic E-state index is 12.0. The Hall–Kier alpha value is -0.770. The van der Waals surface area contributed by atoms with Gasteiger partial charge in [-0.05, 0) is 40.0 Å². The van der Waals surface area contributed by atoms with Gasteiger partial charge in [0.1, 0.15) is 0 Å². The predicted molar refractivity (Wildman–Crippen MR) is 66.3 cm³/mol. The minimum Gasteiger partial charge on any atom is -0.333 e. The van der Waals surface area contributed by atoms with Crippen molar-refractivity contribution in [3.05, 3.63) is 0 Å². The zero-order chi connectivity index (χ0) is 12.4. The second kappa shape index (κ2) is 4.62. The Balaban J connectivity index is 2.57. The summed E-state index contributed by atoms with van der Waals surface area (Å²) in [5.41, 5.74) is 5.86. The van der Waals surface area contributed by atoms with Crippen LogP contribution in [0.2, 0.25) is 0 Å². The number of hydrogen-bond donors (Lipinski definition) is 2. The molecule has 0 spiro atoms. The molecular weight excluding hydrogens is 202 g/mol. The Morgan fingerprint density at radius 3 is 2.62 bits per heavy atom. The summed E-state index contributed by atoms with van der Waals surface area (Å²) in [6.07, 6.45) is 2.94. The molecule has 4 nitrogen and oxygen atoms in total. The van der Waals surface area contributed by atoms with Gasteiger partial charge in [-0.25, -0.2) is 4.79 Å². The van der Waals surface area contributed by atoms with E-state index < -0.39 is 0 Å². The van der Waals surface area contributed by atoms with Gasteiger partial charge in [0.25, 0.3) is 0 Å². The fraction of sp³-hybridized carbons (Fsp3) is 0.917. The van der Waals surface area contributed by atoms with Gasteiger partial charge in [0.15, 0.2) is 0 Å². The van der Waals surface area contributed by atoms with Crippen molar-refractivity contribution in [2.45, 2.75) is 58.0 Å². The minimum atomic E-state index is -0.187. The fourth-order valence-corrected chi connectivity index (χ4v) is 2.02. The number of urea groups is 1. The van der Waals surface area contributed by atoms with Crippen LogP contribution in [0.15, 0.2) is 0 Å². The molecule has 2 amide bonds. The van der Waals surface area contributed by atoms with E-state index in [4.69, 9.17) is 5.73 Å². The van der Waals surface area contributed by atoms with Crippen LogP contribution < -0.4 is 11.1 Å². The van der Waals surface area contributed by atoms with Gasteiger partial charge in [-0.15, -0.1) is 0 Å². The highest BCUT2D eigenvalue weighted by atomic mass is 16.2.